The number of aromatic nitrogens is 2. The molecule has 4 nitrogen and oxygen atoms in total. The smallest absolute Gasteiger partial charge is 0.232 e. The van der Waals surface area contributed by atoms with Gasteiger partial charge in [-0.1, -0.05) is 34.7 Å². The maximum Gasteiger partial charge on any atom is 0.232 e. The molecule has 1 N–H and O–H groups in total. The summed E-state index contributed by atoms with van der Waals surface area (Å²) in [7, 11) is 0. The van der Waals surface area contributed by atoms with Crippen molar-refractivity contribution in [3.8, 4) is 0 Å². The van der Waals surface area contributed by atoms with Crippen LogP contribution >= 0.6 is 22.6 Å². The van der Waals surface area contributed by atoms with E-state index in [1.54, 1.807) is 0 Å². The summed E-state index contributed by atoms with van der Waals surface area (Å²) in [6.45, 7) is 4.12. The molecule has 1 aliphatic carbocycles. The van der Waals surface area contributed by atoms with Gasteiger partial charge in [-0.15, -0.1) is 0 Å². The van der Waals surface area contributed by atoms with E-state index in [2.05, 4.69) is 45.0 Å². The van der Waals surface area contributed by atoms with E-state index in [0.29, 0.717) is 12.3 Å². The molecule has 2 atom stereocenters. The van der Waals surface area contributed by atoms with Gasteiger partial charge in [0, 0.05) is 5.41 Å². The Morgan fingerprint density at radius 3 is 2.56 bits per heavy atom. The quantitative estimate of drug-likeness (QED) is 0.645. The second-order valence-electron chi connectivity index (χ2n) is 5.13. The zero-order valence-electron chi connectivity index (χ0n) is 10.7. The molecule has 0 unspecified atom stereocenters. The zero-order chi connectivity index (χ0) is 13.2. The highest BCUT2D eigenvalue weighted by molar-refractivity contribution is 14.1. The minimum absolute atomic E-state index is 0.00625. The van der Waals surface area contributed by atoms with Gasteiger partial charge in [-0.05, 0) is 37.3 Å². The van der Waals surface area contributed by atoms with Crippen molar-refractivity contribution in [3.05, 3.63) is 11.7 Å². The predicted octanol–water partition coefficient (Wildman–Crippen LogP) is 2.59. The molecule has 1 aliphatic heterocycles. The maximum atomic E-state index is 12.9. The molecule has 0 spiro atoms. The van der Waals surface area contributed by atoms with Gasteiger partial charge in [0.1, 0.15) is 6.17 Å². The van der Waals surface area contributed by atoms with E-state index in [4.69, 9.17) is 4.52 Å². The van der Waals surface area contributed by atoms with Crippen LogP contribution in [0.1, 0.15) is 43.8 Å². The topological polar surface area (TPSA) is 51.0 Å². The van der Waals surface area contributed by atoms with Gasteiger partial charge in [0.05, 0.1) is 5.92 Å². The van der Waals surface area contributed by atoms with Crippen molar-refractivity contribution in [1.29, 1.82) is 0 Å². The molecule has 2 fully saturated rings. The van der Waals surface area contributed by atoms with Crippen molar-refractivity contribution >= 4 is 22.6 Å². The Labute approximate surface area is 120 Å². The van der Waals surface area contributed by atoms with E-state index in [9.17, 15) is 4.39 Å². The molecule has 102 valence electrons. The number of rotatable bonds is 2. The van der Waals surface area contributed by atoms with Gasteiger partial charge in [-0.3, -0.25) is 0 Å². The molecular weight excluding hydrogens is 348 g/mol. The fourth-order valence-electron chi connectivity index (χ4n) is 2.25. The first-order valence-corrected chi connectivity index (χ1v) is 8.41. The lowest BCUT2D eigenvalue weighted by Gasteiger charge is -2.30. The summed E-state index contributed by atoms with van der Waals surface area (Å²) >= 11 is 2.15. The average Bonchev–Trinajstić information content (AvgIpc) is 2.94. The van der Waals surface area contributed by atoms with Gasteiger partial charge in [-0.25, -0.2) is 4.39 Å². The molecular formula is C12H19FIN3O. The standard InChI is InChI=1S/C11H16FN3O.CH3I/c1-11(2-4-13-5-3-11)10-14-9(16-15-10)7-6-8(7)12;1-2/h7-8,13H,2-6H2,1H3;1H3/t7-,8+;/m1./s1. The summed E-state index contributed by atoms with van der Waals surface area (Å²) in [6.07, 6.45) is 1.79. The lowest BCUT2D eigenvalue weighted by molar-refractivity contribution is 0.298. The molecule has 6 heteroatoms. The lowest BCUT2D eigenvalue weighted by Crippen LogP contribution is -2.38. The fourth-order valence-corrected chi connectivity index (χ4v) is 2.25. The van der Waals surface area contributed by atoms with Crippen molar-refractivity contribution in [2.75, 3.05) is 18.0 Å². The highest BCUT2D eigenvalue weighted by atomic mass is 127. The van der Waals surface area contributed by atoms with Crippen molar-refractivity contribution in [1.82, 2.24) is 15.5 Å². The summed E-state index contributed by atoms with van der Waals surface area (Å²) in [6, 6.07) is 0. The van der Waals surface area contributed by atoms with E-state index >= 15 is 0 Å². The number of halogens is 2. The molecule has 0 bridgehead atoms. The number of alkyl halides is 2. The van der Waals surface area contributed by atoms with Crippen molar-refractivity contribution < 1.29 is 8.91 Å². The van der Waals surface area contributed by atoms with E-state index in [1.165, 1.54) is 0 Å². The van der Waals surface area contributed by atoms with Crippen molar-refractivity contribution in [2.45, 2.75) is 43.7 Å². The second kappa shape index (κ2) is 5.81. The van der Waals surface area contributed by atoms with Gasteiger partial charge in [0.2, 0.25) is 5.89 Å². The summed E-state index contributed by atoms with van der Waals surface area (Å²) < 4.78 is 18.0. The summed E-state index contributed by atoms with van der Waals surface area (Å²) in [5.74, 6) is 1.11. The van der Waals surface area contributed by atoms with Crippen LogP contribution in [0.25, 0.3) is 0 Å². The molecule has 1 saturated carbocycles. The van der Waals surface area contributed by atoms with Crippen molar-refractivity contribution in [2.24, 2.45) is 0 Å². The van der Waals surface area contributed by atoms with Crippen LogP contribution in [0, 0.1) is 0 Å². The maximum absolute atomic E-state index is 12.9. The monoisotopic (exact) mass is 367 g/mol. The van der Waals surface area contributed by atoms with Crippen LogP contribution in [0.5, 0.6) is 0 Å². The van der Waals surface area contributed by atoms with Crippen LogP contribution in [-0.2, 0) is 5.41 Å². The average molecular weight is 367 g/mol. The number of nitrogens with one attached hydrogen (secondary N) is 1. The molecule has 3 rings (SSSR count). The first kappa shape index (κ1) is 14.2. The second-order valence-corrected chi connectivity index (χ2v) is 5.13. The van der Waals surface area contributed by atoms with Gasteiger partial charge in [-0.2, -0.15) is 4.98 Å². The Kier molecular flexibility index (Phi) is 4.58. The van der Waals surface area contributed by atoms with Crippen LogP contribution in [0.3, 0.4) is 0 Å². The molecule has 18 heavy (non-hydrogen) atoms. The third-order valence-corrected chi connectivity index (χ3v) is 3.72. The SMILES string of the molecule is CC1(c2noc([C@@H]3C[C@@H]3F)n2)CCNCC1.CI. The Hall–Kier alpha value is -0.240. The third kappa shape index (κ3) is 2.84. The largest absolute Gasteiger partial charge is 0.339 e. The molecule has 2 heterocycles. The normalized spacial score (nSPS) is 29.3. The zero-order valence-corrected chi connectivity index (χ0v) is 12.9. The van der Waals surface area contributed by atoms with Crippen LogP contribution < -0.4 is 5.32 Å². The van der Waals surface area contributed by atoms with E-state index in [-0.39, 0.29) is 11.3 Å². The van der Waals surface area contributed by atoms with E-state index < -0.39 is 6.17 Å². The van der Waals surface area contributed by atoms with Crippen LogP contribution in [0.15, 0.2) is 4.52 Å². The number of piperidine rings is 1. The van der Waals surface area contributed by atoms with Gasteiger partial charge >= 0.3 is 0 Å². The van der Waals surface area contributed by atoms with Crippen LogP contribution in [-0.4, -0.2) is 34.3 Å². The molecule has 1 aromatic heterocycles. The van der Waals surface area contributed by atoms with Crippen molar-refractivity contribution in [3.63, 3.8) is 0 Å². The molecule has 2 aliphatic rings. The Morgan fingerprint density at radius 1 is 1.39 bits per heavy atom. The minimum atomic E-state index is -0.769. The first-order chi connectivity index (χ1) is 8.69. The van der Waals surface area contributed by atoms with Crippen LogP contribution in [0.4, 0.5) is 4.39 Å². The fraction of sp³-hybridized carbons (Fsp3) is 0.833. The lowest BCUT2D eigenvalue weighted by atomic mass is 9.80. The van der Waals surface area contributed by atoms with E-state index in [1.807, 2.05) is 4.93 Å². The third-order valence-electron chi connectivity index (χ3n) is 3.72. The Balaban J connectivity index is 0.000000574. The van der Waals surface area contributed by atoms with Gasteiger partial charge in [0.25, 0.3) is 0 Å². The van der Waals surface area contributed by atoms with Gasteiger partial charge < -0.3 is 9.84 Å². The van der Waals surface area contributed by atoms with Crippen LogP contribution in [0.2, 0.25) is 0 Å². The number of hydrogen-bond donors (Lipinski definition) is 1. The molecule has 0 radical (unpaired) electrons. The summed E-state index contributed by atoms with van der Waals surface area (Å²) in [5.41, 5.74) is -0.00625. The van der Waals surface area contributed by atoms with Gasteiger partial charge in [0.15, 0.2) is 5.82 Å². The summed E-state index contributed by atoms with van der Waals surface area (Å²) in [5, 5.41) is 7.34. The molecule has 0 amide bonds. The minimum Gasteiger partial charge on any atom is -0.339 e. The number of hydrogen-bond acceptors (Lipinski definition) is 4. The molecule has 0 aromatic carbocycles. The Bertz CT molecular complexity index is 392. The number of nitrogens with zero attached hydrogens (tertiary/aromatic N) is 2. The highest BCUT2D eigenvalue weighted by Crippen LogP contribution is 2.43. The first-order valence-electron chi connectivity index (χ1n) is 6.26. The molecule has 1 aromatic rings. The molecule has 1 saturated heterocycles. The highest BCUT2D eigenvalue weighted by Gasteiger charge is 2.44. The predicted molar refractivity (Wildman–Crippen MR) is 76.0 cm³/mol. The van der Waals surface area contributed by atoms with E-state index in [0.717, 1.165) is 31.8 Å². The Morgan fingerprint density at radius 2 is 2.00 bits per heavy atom. The summed E-state index contributed by atoms with van der Waals surface area (Å²) in [4.78, 5) is 6.34.